The highest BCUT2D eigenvalue weighted by Crippen LogP contribution is 2.53. The molecule has 0 bridgehead atoms. The van der Waals surface area contributed by atoms with E-state index in [1.807, 2.05) is 0 Å². The summed E-state index contributed by atoms with van der Waals surface area (Å²) < 4.78 is 0. The molecule has 1 heteroatoms. The van der Waals surface area contributed by atoms with Gasteiger partial charge in [0.2, 0.25) is 0 Å². The molecule has 4 aromatic rings. The van der Waals surface area contributed by atoms with Crippen LogP contribution in [0.25, 0.3) is 11.1 Å². The molecule has 0 aromatic heterocycles. The minimum atomic E-state index is -0.0976. The third-order valence-corrected chi connectivity index (χ3v) is 7.63. The van der Waals surface area contributed by atoms with E-state index in [9.17, 15) is 0 Å². The molecule has 0 saturated carbocycles. The molecular formula is C33H35N. The second kappa shape index (κ2) is 9.14. The quantitative estimate of drug-likeness (QED) is 0.279. The van der Waals surface area contributed by atoms with Crippen molar-refractivity contribution < 1.29 is 0 Å². The summed E-state index contributed by atoms with van der Waals surface area (Å²) in [6.45, 7) is 10.9. The summed E-state index contributed by atoms with van der Waals surface area (Å²) in [7, 11) is 0. The van der Waals surface area contributed by atoms with Gasteiger partial charge in [-0.15, -0.1) is 0 Å². The predicted molar refractivity (Wildman–Crippen MR) is 146 cm³/mol. The van der Waals surface area contributed by atoms with E-state index < -0.39 is 0 Å². The summed E-state index contributed by atoms with van der Waals surface area (Å²) in [6, 6.07) is 34.6. The molecule has 0 atom stereocenters. The van der Waals surface area contributed by atoms with Crippen LogP contribution in [-0.2, 0) is 18.3 Å². The Labute approximate surface area is 205 Å². The van der Waals surface area contributed by atoms with Gasteiger partial charge in [-0.25, -0.2) is 0 Å². The summed E-state index contributed by atoms with van der Waals surface area (Å²) in [5.41, 5.74) is 12.4. The predicted octanol–water partition coefficient (Wildman–Crippen LogP) is 7.90. The number of anilines is 1. The molecule has 0 unspecified atom stereocenters. The molecule has 5 rings (SSSR count). The molecule has 0 amide bonds. The first kappa shape index (κ1) is 22.5. The van der Waals surface area contributed by atoms with Crippen LogP contribution in [0.3, 0.4) is 0 Å². The van der Waals surface area contributed by atoms with E-state index in [1.165, 1.54) is 50.2 Å². The normalized spacial score (nSPS) is 13.4. The third kappa shape index (κ3) is 3.94. The third-order valence-electron chi connectivity index (χ3n) is 7.63. The second-order valence-electron chi connectivity index (χ2n) is 9.85. The van der Waals surface area contributed by atoms with Crippen LogP contribution in [-0.4, -0.2) is 13.1 Å². The van der Waals surface area contributed by atoms with E-state index >= 15 is 0 Å². The highest BCUT2D eigenvalue weighted by atomic mass is 15.1. The van der Waals surface area contributed by atoms with Crippen molar-refractivity contribution in [1.82, 2.24) is 0 Å². The SMILES string of the molecule is CCN(CC)c1ccc2c(c1)C(Cc1ccc(C)cc1)(Cc1ccc(C)cc1)c1ccccc1-2. The maximum Gasteiger partial charge on any atom is 0.0369 e. The smallest absolute Gasteiger partial charge is 0.0369 e. The van der Waals surface area contributed by atoms with Gasteiger partial charge in [0, 0.05) is 24.2 Å². The number of aryl methyl sites for hydroxylation is 2. The molecule has 0 spiro atoms. The number of hydrogen-bond acceptors (Lipinski definition) is 1. The Balaban J connectivity index is 1.74. The summed E-state index contributed by atoms with van der Waals surface area (Å²) in [6.07, 6.45) is 1.99. The van der Waals surface area contributed by atoms with Gasteiger partial charge in [0.15, 0.2) is 0 Å². The number of benzene rings is 4. The van der Waals surface area contributed by atoms with E-state index in [0.717, 1.165) is 25.9 Å². The van der Waals surface area contributed by atoms with E-state index in [0.29, 0.717) is 0 Å². The first-order valence-electron chi connectivity index (χ1n) is 12.6. The molecule has 0 heterocycles. The fourth-order valence-electron chi connectivity index (χ4n) is 5.78. The number of rotatable bonds is 7. The zero-order valence-corrected chi connectivity index (χ0v) is 20.9. The average Bonchev–Trinajstić information content (AvgIpc) is 3.12. The average molecular weight is 446 g/mol. The Morgan fingerprint density at radius 3 is 1.68 bits per heavy atom. The molecule has 0 radical (unpaired) electrons. The van der Waals surface area contributed by atoms with Crippen LogP contribution in [0, 0.1) is 13.8 Å². The molecule has 1 nitrogen and oxygen atoms in total. The number of nitrogens with zero attached hydrogens (tertiary/aromatic N) is 1. The van der Waals surface area contributed by atoms with E-state index in [4.69, 9.17) is 0 Å². The van der Waals surface area contributed by atoms with Gasteiger partial charge in [-0.1, -0.05) is 90.0 Å². The molecule has 172 valence electrons. The van der Waals surface area contributed by atoms with Gasteiger partial charge < -0.3 is 4.90 Å². The van der Waals surface area contributed by atoms with Crippen LogP contribution >= 0.6 is 0 Å². The van der Waals surface area contributed by atoms with Gasteiger partial charge in [0.25, 0.3) is 0 Å². The molecule has 34 heavy (non-hydrogen) atoms. The Bertz CT molecular complexity index is 1230. The largest absolute Gasteiger partial charge is 0.372 e. The Morgan fingerprint density at radius 2 is 1.12 bits per heavy atom. The topological polar surface area (TPSA) is 3.24 Å². The van der Waals surface area contributed by atoms with Gasteiger partial charge >= 0.3 is 0 Å². The van der Waals surface area contributed by atoms with Gasteiger partial charge in [-0.2, -0.15) is 0 Å². The lowest BCUT2D eigenvalue weighted by atomic mass is 9.69. The van der Waals surface area contributed by atoms with Gasteiger partial charge in [-0.3, -0.25) is 0 Å². The Kier molecular flexibility index (Phi) is 6.04. The van der Waals surface area contributed by atoms with Gasteiger partial charge in [0.05, 0.1) is 0 Å². The van der Waals surface area contributed by atoms with Crippen molar-refractivity contribution in [3.05, 3.63) is 124 Å². The lowest BCUT2D eigenvalue weighted by Crippen LogP contribution is -2.31. The lowest BCUT2D eigenvalue weighted by molar-refractivity contribution is 0.520. The first-order chi connectivity index (χ1) is 16.5. The van der Waals surface area contributed by atoms with Crippen molar-refractivity contribution in [2.75, 3.05) is 18.0 Å². The molecule has 4 aromatic carbocycles. The van der Waals surface area contributed by atoms with Crippen LogP contribution in [0.5, 0.6) is 0 Å². The van der Waals surface area contributed by atoms with E-state index in [-0.39, 0.29) is 5.41 Å². The first-order valence-corrected chi connectivity index (χ1v) is 12.6. The fraction of sp³-hybridized carbons (Fsp3) is 0.273. The Morgan fingerprint density at radius 1 is 0.588 bits per heavy atom. The zero-order chi connectivity index (χ0) is 23.7. The van der Waals surface area contributed by atoms with Gasteiger partial charge in [-0.05, 0) is 86.1 Å². The summed E-state index contributed by atoms with van der Waals surface area (Å²) >= 11 is 0. The molecule has 0 fully saturated rings. The van der Waals surface area contributed by atoms with E-state index in [2.05, 4.69) is 124 Å². The van der Waals surface area contributed by atoms with Crippen molar-refractivity contribution in [3.63, 3.8) is 0 Å². The zero-order valence-electron chi connectivity index (χ0n) is 20.9. The van der Waals surface area contributed by atoms with Crippen LogP contribution in [0.2, 0.25) is 0 Å². The Hall–Kier alpha value is -3.32. The van der Waals surface area contributed by atoms with Crippen molar-refractivity contribution in [1.29, 1.82) is 0 Å². The summed E-state index contributed by atoms with van der Waals surface area (Å²) in [5.74, 6) is 0. The van der Waals surface area contributed by atoms with Crippen LogP contribution in [0.15, 0.2) is 91.0 Å². The molecule has 1 aliphatic carbocycles. The molecule has 0 saturated heterocycles. The van der Waals surface area contributed by atoms with Crippen molar-refractivity contribution in [3.8, 4) is 11.1 Å². The molecular weight excluding hydrogens is 410 g/mol. The minimum Gasteiger partial charge on any atom is -0.372 e. The minimum absolute atomic E-state index is 0.0976. The van der Waals surface area contributed by atoms with Crippen molar-refractivity contribution in [2.45, 2.75) is 46.0 Å². The maximum atomic E-state index is 2.49. The van der Waals surface area contributed by atoms with Crippen molar-refractivity contribution >= 4 is 5.69 Å². The number of hydrogen-bond donors (Lipinski definition) is 0. The highest BCUT2D eigenvalue weighted by molar-refractivity contribution is 5.83. The fourth-order valence-corrected chi connectivity index (χ4v) is 5.78. The lowest BCUT2D eigenvalue weighted by Gasteiger charge is -2.34. The second-order valence-corrected chi connectivity index (χ2v) is 9.85. The van der Waals surface area contributed by atoms with Crippen LogP contribution < -0.4 is 4.90 Å². The standard InChI is InChI=1S/C33H35N/c1-5-34(6-2)28-19-20-30-29-9-7-8-10-31(29)33(32(30)21-28,22-26-15-11-24(3)12-16-26)23-27-17-13-25(4)14-18-27/h7-21H,5-6,22-23H2,1-4H3. The summed E-state index contributed by atoms with van der Waals surface area (Å²) in [5, 5.41) is 0. The van der Waals surface area contributed by atoms with Crippen molar-refractivity contribution in [2.24, 2.45) is 0 Å². The summed E-state index contributed by atoms with van der Waals surface area (Å²) in [4.78, 5) is 2.46. The van der Waals surface area contributed by atoms with E-state index in [1.54, 1.807) is 0 Å². The monoisotopic (exact) mass is 445 g/mol. The van der Waals surface area contributed by atoms with Crippen LogP contribution in [0.1, 0.15) is 47.2 Å². The molecule has 0 N–H and O–H groups in total. The maximum absolute atomic E-state index is 2.49. The molecule has 0 aliphatic heterocycles. The highest BCUT2D eigenvalue weighted by Gasteiger charge is 2.43. The van der Waals surface area contributed by atoms with Gasteiger partial charge in [0.1, 0.15) is 0 Å². The number of fused-ring (bicyclic) bond motifs is 3. The van der Waals surface area contributed by atoms with Crippen LogP contribution in [0.4, 0.5) is 5.69 Å². The molecule has 1 aliphatic rings.